The third-order valence-electron chi connectivity index (χ3n) is 3.18. The van der Waals surface area contributed by atoms with E-state index in [1.807, 2.05) is 0 Å². The quantitative estimate of drug-likeness (QED) is 0.673. The minimum atomic E-state index is -0.341. The van der Waals surface area contributed by atoms with E-state index in [2.05, 4.69) is 5.32 Å². The van der Waals surface area contributed by atoms with Crippen LogP contribution in [0.3, 0.4) is 0 Å². The number of anilines is 1. The average molecular weight is 220 g/mol. The first-order chi connectivity index (χ1) is 7.57. The fourth-order valence-electron chi connectivity index (χ4n) is 1.67. The van der Waals surface area contributed by atoms with Gasteiger partial charge in [0.05, 0.1) is 5.41 Å². The van der Waals surface area contributed by atoms with E-state index in [4.69, 9.17) is 5.73 Å². The van der Waals surface area contributed by atoms with Gasteiger partial charge in [-0.25, -0.2) is 0 Å². The van der Waals surface area contributed by atoms with Gasteiger partial charge in [0.15, 0.2) is 0 Å². The summed E-state index contributed by atoms with van der Waals surface area (Å²) in [5.41, 5.74) is 6.69. The maximum atomic E-state index is 11.9. The molecule has 0 aromatic heterocycles. The second-order valence-electron chi connectivity index (χ2n) is 4.44. The normalized spacial score (nSPS) is 16.9. The fourth-order valence-corrected chi connectivity index (χ4v) is 1.67. The molecule has 0 saturated heterocycles. The highest BCUT2D eigenvalue weighted by atomic mass is 16.3. The van der Waals surface area contributed by atoms with Gasteiger partial charge in [0.25, 0.3) is 0 Å². The van der Waals surface area contributed by atoms with Gasteiger partial charge in [0.2, 0.25) is 5.91 Å². The largest absolute Gasteiger partial charge is 0.508 e. The Balaban J connectivity index is 2.09. The third kappa shape index (κ3) is 1.88. The molecule has 1 aliphatic rings. The first kappa shape index (κ1) is 11.0. The Kier molecular flexibility index (Phi) is 2.59. The molecule has 4 heteroatoms. The number of aromatic hydroxyl groups is 1. The summed E-state index contributed by atoms with van der Waals surface area (Å²) in [5.74, 6) is 0.220. The molecule has 1 aromatic carbocycles. The lowest BCUT2D eigenvalue weighted by Crippen LogP contribution is -2.30. The number of amides is 1. The molecule has 0 spiro atoms. The van der Waals surface area contributed by atoms with Crippen molar-refractivity contribution in [2.75, 3.05) is 11.9 Å². The van der Waals surface area contributed by atoms with Crippen molar-refractivity contribution in [3.05, 3.63) is 23.8 Å². The topological polar surface area (TPSA) is 75.4 Å². The summed E-state index contributed by atoms with van der Waals surface area (Å²) in [6, 6.07) is 5.01. The first-order valence-electron chi connectivity index (χ1n) is 5.38. The van der Waals surface area contributed by atoms with Crippen molar-refractivity contribution in [2.45, 2.75) is 19.8 Å². The molecule has 86 valence electrons. The lowest BCUT2D eigenvalue weighted by atomic mass is 10.1. The molecule has 0 heterocycles. The molecule has 0 unspecified atom stereocenters. The molecule has 2 rings (SSSR count). The van der Waals surface area contributed by atoms with Crippen LogP contribution in [0.2, 0.25) is 0 Å². The molecular formula is C12H16N2O2. The SMILES string of the molecule is Cc1cc(NC(=O)C2(CN)CC2)ccc1O. The lowest BCUT2D eigenvalue weighted by molar-refractivity contribution is -0.120. The van der Waals surface area contributed by atoms with Crippen LogP contribution in [-0.2, 0) is 4.79 Å². The predicted molar refractivity (Wildman–Crippen MR) is 62.2 cm³/mol. The van der Waals surface area contributed by atoms with Crippen molar-refractivity contribution in [2.24, 2.45) is 11.1 Å². The van der Waals surface area contributed by atoms with E-state index in [1.54, 1.807) is 25.1 Å². The summed E-state index contributed by atoms with van der Waals surface area (Å²) in [6.45, 7) is 2.19. The van der Waals surface area contributed by atoms with Gasteiger partial charge in [-0.05, 0) is 43.5 Å². The lowest BCUT2D eigenvalue weighted by Gasteiger charge is -2.13. The summed E-state index contributed by atoms with van der Waals surface area (Å²) < 4.78 is 0. The van der Waals surface area contributed by atoms with Crippen LogP contribution < -0.4 is 11.1 Å². The minimum Gasteiger partial charge on any atom is -0.508 e. The molecule has 1 saturated carbocycles. The molecule has 4 N–H and O–H groups in total. The summed E-state index contributed by atoms with van der Waals surface area (Å²) in [6.07, 6.45) is 1.73. The Morgan fingerprint density at radius 3 is 2.75 bits per heavy atom. The van der Waals surface area contributed by atoms with Gasteiger partial charge in [-0.2, -0.15) is 0 Å². The molecule has 0 atom stereocenters. The summed E-state index contributed by atoms with van der Waals surface area (Å²) in [7, 11) is 0. The highest BCUT2D eigenvalue weighted by Crippen LogP contribution is 2.45. The van der Waals surface area contributed by atoms with E-state index in [9.17, 15) is 9.90 Å². The van der Waals surface area contributed by atoms with Crippen LogP contribution in [0.1, 0.15) is 18.4 Å². The van der Waals surface area contributed by atoms with E-state index in [0.717, 1.165) is 18.4 Å². The third-order valence-corrected chi connectivity index (χ3v) is 3.18. The predicted octanol–water partition coefficient (Wildman–Crippen LogP) is 1.38. The van der Waals surface area contributed by atoms with E-state index in [0.29, 0.717) is 12.2 Å². The first-order valence-corrected chi connectivity index (χ1v) is 5.38. The number of hydrogen-bond donors (Lipinski definition) is 3. The number of hydrogen-bond acceptors (Lipinski definition) is 3. The number of phenolic OH excluding ortho intramolecular Hbond substituents is 1. The number of nitrogens with one attached hydrogen (secondary N) is 1. The molecule has 16 heavy (non-hydrogen) atoms. The van der Waals surface area contributed by atoms with Crippen LogP contribution in [0.4, 0.5) is 5.69 Å². The van der Waals surface area contributed by atoms with Crippen molar-refractivity contribution in [3.8, 4) is 5.75 Å². The van der Waals surface area contributed by atoms with E-state index in [1.165, 1.54) is 0 Å². The Morgan fingerprint density at radius 2 is 2.25 bits per heavy atom. The van der Waals surface area contributed by atoms with Crippen LogP contribution >= 0.6 is 0 Å². The Hall–Kier alpha value is -1.55. The number of nitrogens with two attached hydrogens (primary N) is 1. The van der Waals surface area contributed by atoms with Crippen molar-refractivity contribution in [1.29, 1.82) is 0 Å². The zero-order valence-corrected chi connectivity index (χ0v) is 9.29. The molecule has 0 radical (unpaired) electrons. The highest BCUT2D eigenvalue weighted by Gasteiger charge is 2.48. The smallest absolute Gasteiger partial charge is 0.231 e. The molecule has 4 nitrogen and oxygen atoms in total. The fraction of sp³-hybridized carbons (Fsp3) is 0.417. The molecule has 1 aromatic rings. The zero-order chi connectivity index (χ0) is 11.8. The van der Waals surface area contributed by atoms with Crippen LogP contribution in [0, 0.1) is 12.3 Å². The number of aryl methyl sites for hydroxylation is 1. The zero-order valence-electron chi connectivity index (χ0n) is 9.29. The van der Waals surface area contributed by atoms with E-state index < -0.39 is 0 Å². The van der Waals surface area contributed by atoms with Crippen molar-refractivity contribution in [1.82, 2.24) is 0 Å². The maximum absolute atomic E-state index is 11.9. The second kappa shape index (κ2) is 3.79. The highest BCUT2D eigenvalue weighted by molar-refractivity contribution is 5.97. The van der Waals surface area contributed by atoms with Gasteiger partial charge in [0, 0.05) is 12.2 Å². The van der Waals surface area contributed by atoms with Crippen LogP contribution in [-0.4, -0.2) is 17.6 Å². The van der Waals surface area contributed by atoms with Gasteiger partial charge < -0.3 is 16.2 Å². The minimum absolute atomic E-state index is 0.0138. The van der Waals surface area contributed by atoms with Gasteiger partial charge >= 0.3 is 0 Å². The van der Waals surface area contributed by atoms with Gasteiger partial charge in [-0.1, -0.05) is 0 Å². The Morgan fingerprint density at radius 1 is 1.56 bits per heavy atom. The van der Waals surface area contributed by atoms with Gasteiger partial charge in [-0.15, -0.1) is 0 Å². The second-order valence-corrected chi connectivity index (χ2v) is 4.44. The van der Waals surface area contributed by atoms with Crippen LogP contribution in [0.15, 0.2) is 18.2 Å². The summed E-state index contributed by atoms with van der Waals surface area (Å²) in [4.78, 5) is 11.9. The van der Waals surface area contributed by atoms with Crippen molar-refractivity contribution in [3.63, 3.8) is 0 Å². The summed E-state index contributed by atoms with van der Waals surface area (Å²) >= 11 is 0. The average Bonchev–Trinajstić information content (AvgIpc) is 3.04. The van der Waals surface area contributed by atoms with Gasteiger partial charge in [-0.3, -0.25) is 4.79 Å². The van der Waals surface area contributed by atoms with Gasteiger partial charge in [0.1, 0.15) is 5.75 Å². The number of phenols is 1. The number of benzene rings is 1. The molecule has 0 aliphatic heterocycles. The van der Waals surface area contributed by atoms with Crippen LogP contribution in [0.5, 0.6) is 5.75 Å². The molecule has 1 amide bonds. The maximum Gasteiger partial charge on any atom is 0.231 e. The summed E-state index contributed by atoms with van der Waals surface area (Å²) in [5, 5.41) is 12.2. The van der Waals surface area contributed by atoms with Crippen LogP contribution in [0.25, 0.3) is 0 Å². The van der Waals surface area contributed by atoms with Crippen molar-refractivity contribution < 1.29 is 9.90 Å². The molecule has 1 aliphatic carbocycles. The number of carbonyl (C=O) groups is 1. The molecule has 1 fully saturated rings. The number of rotatable bonds is 3. The van der Waals surface area contributed by atoms with E-state index in [-0.39, 0.29) is 17.1 Å². The Labute approximate surface area is 94.5 Å². The standard InChI is InChI=1S/C12H16N2O2/c1-8-6-9(2-3-10(8)15)14-11(16)12(7-13)4-5-12/h2-3,6,15H,4-5,7,13H2,1H3,(H,14,16). The number of carbonyl (C=O) groups excluding carboxylic acids is 1. The molecule has 0 bridgehead atoms. The van der Waals surface area contributed by atoms with Crippen molar-refractivity contribution >= 4 is 11.6 Å². The molecular weight excluding hydrogens is 204 g/mol. The van der Waals surface area contributed by atoms with E-state index >= 15 is 0 Å². The monoisotopic (exact) mass is 220 g/mol. The Bertz CT molecular complexity index is 425.